The Balaban J connectivity index is 0.00000341. The second kappa shape index (κ2) is 12.1. The molecule has 0 aliphatic carbocycles. The molecule has 0 bridgehead atoms. The van der Waals surface area contributed by atoms with Crippen LogP contribution in [-0.2, 0) is 17.8 Å². The van der Waals surface area contributed by atoms with Crippen molar-refractivity contribution in [2.75, 3.05) is 59.0 Å². The van der Waals surface area contributed by atoms with Crippen molar-refractivity contribution in [3.63, 3.8) is 0 Å². The molecule has 0 atom stereocenters. The largest absolute Gasteiger partial charge is 0.497 e. The minimum Gasteiger partial charge on any atom is -0.497 e. The summed E-state index contributed by atoms with van der Waals surface area (Å²) in [5.74, 6) is 1.83. The van der Waals surface area contributed by atoms with Gasteiger partial charge in [0.25, 0.3) is 0 Å². The number of aliphatic imine (C=N–C) groups is 1. The Hall–Kier alpha value is -2.01. The fourth-order valence-electron chi connectivity index (χ4n) is 3.87. The minimum atomic E-state index is 0. The average Bonchev–Trinajstić information content (AvgIpc) is 3.05. The van der Waals surface area contributed by atoms with Crippen molar-refractivity contribution < 1.29 is 9.47 Å². The summed E-state index contributed by atoms with van der Waals surface area (Å²) in [6.45, 7) is 10.0. The van der Waals surface area contributed by atoms with Gasteiger partial charge in [0, 0.05) is 69.9 Å². The van der Waals surface area contributed by atoms with Crippen LogP contribution >= 0.6 is 24.0 Å². The molecule has 1 aromatic carbocycles. The van der Waals surface area contributed by atoms with E-state index in [-0.39, 0.29) is 24.0 Å². The molecule has 1 aromatic heterocycles. The van der Waals surface area contributed by atoms with Crippen molar-refractivity contribution in [1.82, 2.24) is 20.0 Å². The number of nitrogens with one attached hydrogen (secondary N) is 1. The number of hydrogen-bond donors (Lipinski definition) is 1. The SMILES string of the molecule is CN=C(NCc1c(C)nn(CCOC)c1C)N1CCN(c2cccc(OC)c2)CC1.I. The van der Waals surface area contributed by atoms with Crippen LogP contribution in [0, 0.1) is 13.8 Å². The lowest BCUT2D eigenvalue weighted by Gasteiger charge is -2.37. The molecule has 0 unspecified atom stereocenters. The van der Waals surface area contributed by atoms with Crippen LogP contribution in [0.4, 0.5) is 5.69 Å². The third-order valence-electron chi connectivity index (χ3n) is 5.67. The number of guanidine groups is 1. The van der Waals surface area contributed by atoms with Crippen LogP contribution < -0.4 is 15.0 Å². The molecule has 1 N–H and O–H groups in total. The van der Waals surface area contributed by atoms with Gasteiger partial charge in [-0.25, -0.2) is 0 Å². The Bertz CT molecular complexity index is 862. The molecule has 3 rings (SSSR count). The van der Waals surface area contributed by atoms with Crippen molar-refractivity contribution in [2.24, 2.45) is 4.99 Å². The quantitative estimate of drug-likeness (QED) is 0.330. The lowest BCUT2D eigenvalue weighted by atomic mass is 10.2. The van der Waals surface area contributed by atoms with E-state index in [2.05, 4.69) is 51.2 Å². The minimum absolute atomic E-state index is 0. The molecule has 172 valence electrons. The summed E-state index contributed by atoms with van der Waals surface area (Å²) in [4.78, 5) is 9.22. The average molecular weight is 542 g/mol. The van der Waals surface area contributed by atoms with Gasteiger partial charge in [-0.3, -0.25) is 9.67 Å². The Morgan fingerprint density at radius 1 is 1.16 bits per heavy atom. The summed E-state index contributed by atoms with van der Waals surface area (Å²) >= 11 is 0. The number of nitrogens with zero attached hydrogens (tertiary/aromatic N) is 5. The molecular weight excluding hydrogens is 507 g/mol. The van der Waals surface area contributed by atoms with Gasteiger partial charge in [0.2, 0.25) is 0 Å². The van der Waals surface area contributed by atoms with Crippen molar-refractivity contribution in [3.8, 4) is 5.75 Å². The number of halogens is 1. The van der Waals surface area contributed by atoms with E-state index in [1.807, 2.05) is 23.9 Å². The topological polar surface area (TPSA) is 67.2 Å². The maximum atomic E-state index is 5.36. The van der Waals surface area contributed by atoms with Gasteiger partial charge in [-0.1, -0.05) is 6.07 Å². The van der Waals surface area contributed by atoms with Crippen LogP contribution in [0.25, 0.3) is 0 Å². The van der Waals surface area contributed by atoms with E-state index in [1.165, 1.54) is 16.9 Å². The summed E-state index contributed by atoms with van der Waals surface area (Å²) in [7, 11) is 5.27. The Morgan fingerprint density at radius 2 is 1.90 bits per heavy atom. The molecule has 9 heteroatoms. The Morgan fingerprint density at radius 3 is 2.55 bits per heavy atom. The van der Waals surface area contributed by atoms with Gasteiger partial charge < -0.3 is 24.6 Å². The lowest BCUT2D eigenvalue weighted by Crippen LogP contribution is -2.52. The van der Waals surface area contributed by atoms with E-state index < -0.39 is 0 Å². The van der Waals surface area contributed by atoms with Crippen molar-refractivity contribution in [2.45, 2.75) is 26.9 Å². The van der Waals surface area contributed by atoms with Gasteiger partial charge in [0.05, 0.1) is 26.0 Å². The van der Waals surface area contributed by atoms with E-state index in [9.17, 15) is 0 Å². The number of piperazine rings is 1. The standard InChI is InChI=1S/C22H34N6O2.HI/c1-17-21(18(2)28(25-17)13-14-29-4)16-24-22(23-3)27-11-9-26(10-12-27)19-7-6-8-20(15-19)30-5;/h6-8,15H,9-14,16H2,1-5H3,(H,23,24);1H. The highest BCUT2D eigenvalue weighted by molar-refractivity contribution is 14.0. The number of aryl methyl sites for hydroxylation is 1. The van der Waals surface area contributed by atoms with Crippen LogP contribution in [-0.4, -0.2) is 74.7 Å². The third-order valence-corrected chi connectivity index (χ3v) is 5.67. The number of anilines is 1. The zero-order chi connectivity index (χ0) is 21.5. The number of aromatic nitrogens is 2. The summed E-state index contributed by atoms with van der Waals surface area (Å²) < 4.78 is 12.6. The first-order chi connectivity index (χ1) is 14.6. The van der Waals surface area contributed by atoms with Crippen molar-refractivity contribution in [3.05, 3.63) is 41.2 Å². The first kappa shape index (κ1) is 25.3. The third kappa shape index (κ3) is 6.25. The zero-order valence-electron chi connectivity index (χ0n) is 19.2. The lowest BCUT2D eigenvalue weighted by molar-refractivity contribution is 0.182. The first-order valence-electron chi connectivity index (χ1n) is 10.4. The van der Waals surface area contributed by atoms with Gasteiger partial charge in [0.1, 0.15) is 5.75 Å². The molecule has 2 aromatic rings. The summed E-state index contributed by atoms with van der Waals surface area (Å²) in [6.07, 6.45) is 0. The number of methoxy groups -OCH3 is 2. The number of benzene rings is 1. The van der Waals surface area contributed by atoms with Crippen LogP contribution in [0.2, 0.25) is 0 Å². The Labute approximate surface area is 202 Å². The first-order valence-corrected chi connectivity index (χ1v) is 10.4. The van der Waals surface area contributed by atoms with E-state index >= 15 is 0 Å². The molecule has 1 aliphatic heterocycles. The maximum absolute atomic E-state index is 5.36. The predicted octanol–water partition coefficient (Wildman–Crippen LogP) is 2.67. The molecule has 1 fully saturated rings. The predicted molar refractivity (Wildman–Crippen MR) is 136 cm³/mol. The van der Waals surface area contributed by atoms with Crippen LogP contribution in [0.3, 0.4) is 0 Å². The maximum Gasteiger partial charge on any atom is 0.194 e. The molecule has 2 heterocycles. The normalized spacial score (nSPS) is 14.4. The number of rotatable bonds is 7. The smallest absolute Gasteiger partial charge is 0.194 e. The second-order valence-corrected chi connectivity index (χ2v) is 7.44. The van der Waals surface area contributed by atoms with E-state index in [0.717, 1.165) is 50.1 Å². The summed E-state index contributed by atoms with van der Waals surface area (Å²) in [5, 5.41) is 8.18. The summed E-state index contributed by atoms with van der Waals surface area (Å²) in [6, 6.07) is 8.25. The zero-order valence-corrected chi connectivity index (χ0v) is 21.6. The van der Waals surface area contributed by atoms with Crippen LogP contribution in [0.15, 0.2) is 29.3 Å². The van der Waals surface area contributed by atoms with E-state index in [0.29, 0.717) is 13.2 Å². The van der Waals surface area contributed by atoms with Gasteiger partial charge in [0.15, 0.2) is 5.96 Å². The molecule has 1 aliphatic rings. The highest BCUT2D eigenvalue weighted by Gasteiger charge is 2.21. The second-order valence-electron chi connectivity index (χ2n) is 7.44. The molecule has 0 spiro atoms. The van der Waals surface area contributed by atoms with Gasteiger partial charge in [-0.2, -0.15) is 5.10 Å². The van der Waals surface area contributed by atoms with Gasteiger partial charge in [-0.15, -0.1) is 24.0 Å². The fourth-order valence-corrected chi connectivity index (χ4v) is 3.87. The number of ether oxygens (including phenoxy) is 2. The molecule has 1 saturated heterocycles. The highest BCUT2D eigenvalue weighted by atomic mass is 127. The Kier molecular flexibility index (Phi) is 9.89. The van der Waals surface area contributed by atoms with Gasteiger partial charge >= 0.3 is 0 Å². The fraction of sp³-hybridized carbons (Fsp3) is 0.545. The van der Waals surface area contributed by atoms with E-state index in [4.69, 9.17) is 9.47 Å². The van der Waals surface area contributed by atoms with Gasteiger partial charge in [-0.05, 0) is 26.0 Å². The van der Waals surface area contributed by atoms with Crippen molar-refractivity contribution in [1.29, 1.82) is 0 Å². The molecular formula is C22H35IN6O2. The highest BCUT2D eigenvalue weighted by Crippen LogP contribution is 2.22. The van der Waals surface area contributed by atoms with E-state index in [1.54, 1.807) is 14.2 Å². The summed E-state index contributed by atoms with van der Waals surface area (Å²) in [5.41, 5.74) is 4.65. The molecule has 8 nitrogen and oxygen atoms in total. The molecule has 31 heavy (non-hydrogen) atoms. The molecule has 0 radical (unpaired) electrons. The monoisotopic (exact) mass is 542 g/mol. The molecule has 0 amide bonds. The van der Waals surface area contributed by atoms with Crippen LogP contribution in [0.5, 0.6) is 5.75 Å². The van der Waals surface area contributed by atoms with Crippen molar-refractivity contribution >= 4 is 35.6 Å². The van der Waals surface area contributed by atoms with Crippen LogP contribution in [0.1, 0.15) is 17.0 Å². The molecule has 0 saturated carbocycles. The number of hydrogen-bond acceptors (Lipinski definition) is 5.